The van der Waals surface area contributed by atoms with Gasteiger partial charge in [-0.1, -0.05) is 18.2 Å². The molecule has 2 atom stereocenters. The number of hydrogen-bond donors (Lipinski definition) is 0. The van der Waals surface area contributed by atoms with Crippen molar-refractivity contribution in [3.63, 3.8) is 0 Å². The standard InChI is InChI=1S/C27H21F3N6O2/c1-37-25-20(14-33-26(34-25)38-2)23-13-19(24-32-9-10-36(24)35-23)17-12-18(17)22-11-15(7-8-31-22)16-5-3-4-6-21(16)27(28,29)30/h3-11,13-14,17-18H,12H2,1-2H3/t17?,18-/m0/s1. The van der Waals surface area contributed by atoms with Gasteiger partial charge < -0.3 is 9.47 Å². The highest BCUT2D eigenvalue weighted by molar-refractivity contribution is 5.70. The summed E-state index contributed by atoms with van der Waals surface area (Å²) < 4.78 is 53.1. The molecule has 1 fully saturated rings. The SMILES string of the molecule is COc1ncc(-c2cc(C3C[C@@H]3c3cc(-c4ccccc4C(F)(F)F)ccn3)c3nccn3n2)c(OC)n1. The molecule has 1 aliphatic carbocycles. The molecule has 8 nitrogen and oxygen atoms in total. The second-order valence-corrected chi connectivity index (χ2v) is 8.92. The van der Waals surface area contributed by atoms with Gasteiger partial charge in [0.2, 0.25) is 5.88 Å². The van der Waals surface area contributed by atoms with Crippen LogP contribution in [0.15, 0.2) is 67.3 Å². The maximum absolute atomic E-state index is 13.6. The molecule has 192 valence electrons. The van der Waals surface area contributed by atoms with E-state index in [-0.39, 0.29) is 23.4 Å². The monoisotopic (exact) mass is 518 g/mol. The molecule has 1 aliphatic rings. The van der Waals surface area contributed by atoms with Gasteiger partial charge in [0.25, 0.3) is 0 Å². The van der Waals surface area contributed by atoms with Gasteiger partial charge in [-0.15, -0.1) is 0 Å². The first-order chi connectivity index (χ1) is 18.4. The molecule has 1 saturated carbocycles. The van der Waals surface area contributed by atoms with Crippen LogP contribution in [-0.2, 0) is 6.18 Å². The summed E-state index contributed by atoms with van der Waals surface area (Å²) >= 11 is 0. The van der Waals surface area contributed by atoms with Crippen molar-refractivity contribution < 1.29 is 22.6 Å². The first-order valence-electron chi connectivity index (χ1n) is 11.8. The van der Waals surface area contributed by atoms with Gasteiger partial charge in [0.1, 0.15) is 0 Å². The van der Waals surface area contributed by atoms with Crippen molar-refractivity contribution >= 4 is 5.65 Å². The number of halogens is 3. The van der Waals surface area contributed by atoms with Gasteiger partial charge in [-0.05, 0) is 47.7 Å². The van der Waals surface area contributed by atoms with Crippen LogP contribution in [0.25, 0.3) is 28.0 Å². The molecule has 0 spiro atoms. The van der Waals surface area contributed by atoms with Gasteiger partial charge in [0, 0.05) is 42.0 Å². The minimum Gasteiger partial charge on any atom is -0.480 e. The van der Waals surface area contributed by atoms with E-state index in [9.17, 15) is 13.2 Å². The highest BCUT2D eigenvalue weighted by atomic mass is 19.4. The molecular weight excluding hydrogens is 497 g/mol. The van der Waals surface area contributed by atoms with Gasteiger partial charge >= 0.3 is 12.2 Å². The van der Waals surface area contributed by atoms with E-state index in [2.05, 4.69) is 25.0 Å². The Morgan fingerprint density at radius 2 is 1.76 bits per heavy atom. The number of benzene rings is 1. The number of aromatic nitrogens is 6. The number of rotatable bonds is 6. The lowest BCUT2D eigenvalue weighted by atomic mass is 9.98. The quantitative estimate of drug-likeness (QED) is 0.291. The number of imidazole rings is 1. The first kappa shape index (κ1) is 23.8. The third-order valence-corrected chi connectivity index (χ3v) is 6.67. The Hall–Kier alpha value is -4.54. The van der Waals surface area contributed by atoms with E-state index in [0.717, 1.165) is 23.7 Å². The Morgan fingerprint density at radius 1 is 0.921 bits per heavy atom. The smallest absolute Gasteiger partial charge is 0.417 e. The molecule has 1 unspecified atom stereocenters. The topological polar surface area (TPSA) is 87.3 Å². The molecule has 6 rings (SSSR count). The van der Waals surface area contributed by atoms with Crippen LogP contribution in [0.1, 0.15) is 35.1 Å². The number of nitrogens with zero attached hydrogens (tertiary/aromatic N) is 6. The van der Waals surface area contributed by atoms with Crippen LogP contribution in [0.4, 0.5) is 13.2 Å². The number of pyridine rings is 1. The van der Waals surface area contributed by atoms with Crippen LogP contribution in [0, 0.1) is 0 Å². The third-order valence-electron chi connectivity index (χ3n) is 6.67. The Kier molecular flexibility index (Phi) is 5.70. The third kappa shape index (κ3) is 4.19. The van der Waals surface area contributed by atoms with Crippen molar-refractivity contribution in [2.75, 3.05) is 14.2 Å². The maximum atomic E-state index is 13.6. The zero-order chi connectivity index (χ0) is 26.4. The predicted molar refractivity (Wildman–Crippen MR) is 132 cm³/mol. The minimum atomic E-state index is -4.45. The molecule has 0 N–H and O–H groups in total. The summed E-state index contributed by atoms with van der Waals surface area (Å²) in [5.74, 6) is 0.407. The number of fused-ring (bicyclic) bond motifs is 1. The maximum Gasteiger partial charge on any atom is 0.417 e. The second-order valence-electron chi connectivity index (χ2n) is 8.92. The van der Waals surface area contributed by atoms with Crippen LogP contribution in [-0.4, -0.2) is 43.8 Å². The summed E-state index contributed by atoms with van der Waals surface area (Å²) in [7, 11) is 2.98. The summed E-state index contributed by atoms with van der Waals surface area (Å²) in [6.07, 6.45) is 2.90. The zero-order valence-electron chi connectivity index (χ0n) is 20.3. The molecule has 4 aromatic heterocycles. The van der Waals surface area contributed by atoms with E-state index >= 15 is 0 Å². The normalized spacial score (nSPS) is 17.0. The summed E-state index contributed by atoms with van der Waals surface area (Å²) in [6.45, 7) is 0. The molecule has 0 saturated heterocycles. The fraction of sp³-hybridized carbons (Fsp3) is 0.222. The minimum absolute atomic E-state index is 0.0257. The van der Waals surface area contributed by atoms with Crippen molar-refractivity contribution in [3.05, 3.63) is 84.1 Å². The van der Waals surface area contributed by atoms with Gasteiger partial charge in [-0.2, -0.15) is 23.3 Å². The summed E-state index contributed by atoms with van der Waals surface area (Å²) in [4.78, 5) is 17.5. The molecular formula is C27H21F3N6O2. The second kappa shape index (κ2) is 9.09. The molecule has 0 aliphatic heterocycles. The van der Waals surface area contributed by atoms with E-state index in [1.54, 1.807) is 47.5 Å². The van der Waals surface area contributed by atoms with Crippen molar-refractivity contribution in [2.24, 2.45) is 0 Å². The average Bonchev–Trinajstić information content (AvgIpc) is 3.59. The van der Waals surface area contributed by atoms with E-state index in [1.807, 2.05) is 6.07 Å². The molecule has 5 aromatic rings. The van der Waals surface area contributed by atoms with E-state index in [4.69, 9.17) is 9.47 Å². The van der Waals surface area contributed by atoms with E-state index < -0.39 is 11.7 Å². The van der Waals surface area contributed by atoms with Crippen LogP contribution < -0.4 is 9.47 Å². The number of ether oxygens (including phenoxy) is 2. The van der Waals surface area contributed by atoms with Gasteiger partial charge in [-0.3, -0.25) is 4.98 Å². The van der Waals surface area contributed by atoms with Crippen molar-refractivity contribution in [2.45, 2.75) is 24.4 Å². The largest absolute Gasteiger partial charge is 0.480 e. The fourth-order valence-corrected chi connectivity index (χ4v) is 4.79. The Bertz CT molecular complexity index is 1650. The number of methoxy groups -OCH3 is 2. The molecule has 11 heteroatoms. The lowest BCUT2D eigenvalue weighted by Gasteiger charge is -2.13. The lowest BCUT2D eigenvalue weighted by molar-refractivity contribution is -0.137. The van der Waals surface area contributed by atoms with Crippen molar-refractivity contribution in [3.8, 4) is 34.3 Å². The Morgan fingerprint density at radius 3 is 2.55 bits per heavy atom. The van der Waals surface area contributed by atoms with Crippen LogP contribution in [0.3, 0.4) is 0 Å². The molecule has 0 amide bonds. The summed E-state index contributed by atoms with van der Waals surface area (Å²) in [5.41, 5.74) is 3.52. The Balaban J connectivity index is 1.37. The van der Waals surface area contributed by atoms with E-state index in [1.165, 1.54) is 26.4 Å². The average molecular weight is 518 g/mol. The first-order valence-corrected chi connectivity index (χ1v) is 11.8. The van der Waals surface area contributed by atoms with Crippen LogP contribution in [0.5, 0.6) is 11.9 Å². The van der Waals surface area contributed by atoms with Gasteiger partial charge in [-0.25, -0.2) is 14.5 Å². The highest BCUT2D eigenvalue weighted by Crippen LogP contribution is 2.55. The van der Waals surface area contributed by atoms with Crippen LogP contribution >= 0.6 is 0 Å². The van der Waals surface area contributed by atoms with Gasteiger partial charge in [0.05, 0.1) is 31.0 Å². The molecule has 0 radical (unpaired) electrons. The van der Waals surface area contributed by atoms with Gasteiger partial charge in [0.15, 0.2) is 5.65 Å². The summed E-state index contributed by atoms with van der Waals surface area (Å²) in [6, 6.07) is 11.1. The zero-order valence-corrected chi connectivity index (χ0v) is 20.3. The highest BCUT2D eigenvalue weighted by Gasteiger charge is 2.43. The molecule has 0 bridgehead atoms. The lowest BCUT2D eigenvalue weighted by Crippen LogP contribution is -2.07. The van der Waals surface area contributed by atoms with Crippen LogP contribution in [0.2, 0.25) is 0 Å². The van der Waals surface area contributed by atoms with E-state index in [0.29, 0.717) is 28.3 Å². The molecule has 4 heterocycles. The summed E-state index contributed by atoms with van der Waals surface area (Å²) in [5, 5.41) is 4.66. The predicted octanol–water partition coefficient (Wildman–Crippen LogP) is 5.56. The number of hydrogen-bond acceptors (Lipinski definition) is 7. The fourth-order valence-electron chi connectivity index (χ4n) is 4.79. The molecule has 38 heavy (non-hydrogen) atoms. The van der Waals surface area contributed by atoms with Crippen molar-refractivity contribution in [1.82, 2.24) is 29.5 Å². The number of alkyl halides is 3. The Labute approximate surface area is 215 Å². The molecule has 1 aromatic carbocycles. The van der Waals surface area contributed by atoms with Crippen molar-refractivity contribution in [1.29, 1.82) is 0 Å².